The van der Waals surface area contributed by atoms with Gasteiger partial charge in [0.1, 0.15) is 5.70 Å². The van der Waals surface area contributed by atoms with Crippen LogP contribution in [0, 0.1) is 5.92 Å². The molecule has 1 saturated carbocycles. The molecule has 0 aliphatic heterocycles. The van der Waals surface area contributed by atoms with Crippen LogP contribution >= 0.6 is 0 Å². The number of hydrogen-bond acceptors (Lipinski definition) is 2. The number of rotatable bonds is 4. The summed E-state index contributed by atoms with van der Waals surface area (Å²) in [7, 11) is 0. The van der Waals surface area contributed by atoms with E-state index in [1.807, 2.05) is 0 Å². The highest BCUT2D eigenvalue weighted by atomic mass is 16.4. The maximum Gasteiger partial charge on any atom is 0.351 e. The molecule has 1 amide bonds. The molecule has 4 nitrogen and oxygen atoms in total. The molecular weight excluding hydrogens is 194 g/mol. The first-order chi connectivity index (χ1) is 7.09. The fourth-order valence-corrected chi connectivity index (χ4v) is 1.93. The van der Waals surface area contributed by atoms with Crippen LogP contribution in [0.3, 0.4) is 0 Å². The Bertz CT molecular complexity index is 267. The van der Waals surface area contributed by atoms with Crippen molar-refractivity contribution in [3.63, 3.8) is 0 Å². The van der Waals surface area contributed by atoms with Crippen molar-refractivity contribution < 1.29 is 14.7 Å². The van der Waals surface area contributed by atoms with Crippen LogP contribution in [0.15, 0.2) is 12.3 Å². The molecule has 1 rings (SSSR count). The van der Waals surface area contributed by atoms with Gasteiger partial charge in [-0.25, -0.2) is 4.79 Å². The zero-order valence-electron chi connectivity index (χ0n) is 8.79. The van der Waals surface area contributed by atoms with E-state index < -0.39 is 5.97 Å². The van der Waals surface area contributed by atoms with E-state index in [1.54, 1.807) is 0 Å². The second kappa shape index (κ2) is 5.53. The molecule has 0 saturated heterocycles. The summed E-state index contributed by atoms with van der Waals surface area (Å²) in [5.41, 5.74) is -0.240. The normalized spacial score (nSPS) is 17.1. The van der Waals surface area contributed by atoms with Gasteiger partial charge in [0.25, 0.3) is 0 Å². The monoisotopic (exact) mass is 211 g/mol. The molecular formula is C11H17NO3. The lowest BCUT2D eigenvalue weighted by molar-refractivity contribution is -0.134. The first kappa shape index (κ1) is 11.8. The molecule has 84 valence electrons. The standard InChI is InChI=1S/C11H17NO3/c1-8(11(14)15)12-10(13)7-9-5-3-2-4-6-9/h9H,1-7H2,(H,12,13)(H,14,15). The van der Waals surface area contributed by atoms with Crippen LogP contribution in [0.2, 0.25) is 0 Å². The van der Waals surface area contributed by atoms with E-state index in [0.29, 0.717) is 12.3 Å². The van der Waals surface area contributed by atoms with Crippen LogP contribution in [0.25, 0.3) is 0 Å². The Morgan fingerprint density at radius 3 is 2.40 bits per heavy atom. The number of hydrogen-bond donors (Lipinski definition) is 2. The molecule has 1 aliphatic rings. The third kappa shape index (κ3) is 4.14. The fourth-order valence-electron chi connectivity index (χ4n) is 1.93. The molecule has 0 heterocycles. The van der Waals surface area contributed by atoms with Gasteiger partial charge in [0.05, 0.1) is 0 Å². The summed E-state index contributed by atoms with van der Waals surface area (Å²) in [6.45, 7) is 3.26. The molecule has 15 heavy (non-hydrogen) atoms. The first-order valence-corrected chi connectivity index (χ1v) is 5.31. The largest absolute Gasteiger partial charge is 0.477 e. The summed E-state index contributed by atoms with van der Waals surface area (Å²) in [5.74, 6) is -0.985. The van der Waals surface area contributed by atoms with E-state index in [9.17, 15) is 9.59 Å². The van der Waals surface area contributed by atoms with E-state index >= 15 is 0 Å². The van der Waals surface area contributed by atoms with Gasteiger partial charge < -0.3 is 10.4 Å². The molecule has 0 aromatic heterocycles. The number of carboxylic acid groups (broad SMARTS) is 1. The van der Waals surface area contributed by atoms with Crippen molar-refractivity contribution in [1.29, 1.82) is 0 Å². The average molecular weight is 211 g/mol. The number of carbonyl (C=O) groups excluding carboxylic acids is 1. The Balaban J connectivity index is 2.28. The molecule has 4 heteroatoms. The lowest BCUT2D eigenvalue weighted by atomic mass is 9.87. The van der Waals surface area contributed by atoms with E-state index in [-0.39, 0.29) is 11.6 Å². The molecule has 0 spiro atoms. The summed E-state index contributed by atoms with van der Waals surface area (Å²) in [4.78, 5) is 21.8. The minimum Gasteiger partial charge on any atom is -0.477 e. The summed E-state index contributed by atoms with van der Waals surface area (Å²) in [6, 6.07) is 0. The van der Waals surface area contributed by atoms with Gasteiger partial charge in [-0.3, -0.25) is 4.79 Å². The summed E-state index contributed by atoms with van der Waals surface area (Å²) < 4.78 is 0. The summed E-state index contributed by atoms with van der Waals surface area (Å²) >= 11 is 0. The van der Waals surface area contributed by atoms with Crippen LogP contribution < -0.4 is 5.32 Å². The van der Waals surface area contributed by atoms with Gasteiger partial charge >= 0.3 is 5.97 Å². The lowest BCUT2D eigenvalue weighted by Crippen LogP contribution is -2.28. The topological polar surface area (TPSA) is 66.4 Å². The minimum atomic E-state index is -1.17. The number of nitrogens with one attached hydrogen (secondary N) is 1. The quantitative estimate of drug-likeness (QED) is 0.695. The van der Waals surface area contributed by atoms with Crippen molar-refractivity contribution >= 4 is 11.9 Å². The summed E-state index contributed by atoms with van der Waals surface area (Å²) in [6.07, 6.45) is 6.18. The average Bonchev–Trinajstić information content (AvgIpc) is 2.18. The number of carboxylic acids is 1. The van der Waals surface area contributed by atoms with Crippen LogP contribution in [0.5, 0.6) is 0 Å². The Morgan fingerprint density at radius 2 is 1.87 bits per heavy atom. The molecule has 0 atom stereocenters. The third-order valence-corrected chi connectivity index (χ3v) is 2.75. The Morgan fingerprint density at radius 1 is 1.27 bits per heavy atom. The Labute approximate surface area is 89.4 Å². The van der Waals surface area contributed by atoms with E-state index in [4.69, 9.17) is 5.11 Å². The van der Waals surface area contributed by atoms with Crippen LogP contribution in [0.1, 0.15) is 38.5 Å². The van der Waals surface area contributed by atoms with E-state index in [1.165, 1.54) is 19.3 Å². The van der Waals surface area contributed by atoms with Crippen LogP contribution in [-0.2, 0) is 9.59 Å². The van der Waals surface area contributed by atoms with Gasteiger partial charge in [-0.2, -0.15) is 0 Å². The zero-order chi connectivity index (χ0) is 11.3. The fraction of sp³-hybridized carbons (Fsp3) is 0.636. The van der Waals surface area contributed by atoms with Crippen molar-refractivity contribution in [2.24, 2.45) is 5.92 Å². The van der Waals surface area contributed by atoms with Crippen molar-refractivity contribution in [3.05, 3.63) is 12.3 Å². The number of carbonyl (C=O) groups is 2. The van der Waals surface area contributed by atoms with Crippen LogP contribution in [-0.4, -0.2) is 17.0 Å². The molecule has 1 fully saturated rings. The summed E-state index contributed by atoms with van der Waals surface area (Å²) in [5, 5.41) is 10.8. The van der Waals surface area contributed by atoms with Gasteiger partial charge in [0.15, 0.2) is 0 Å². The van der Waals surface area contributed by atoms with Crippen molar-refractivity contribution in [2.75, 3.05) is 0 Å². The molecule has 0 unspecified atom stereocenters. The highest BCUT2D eigenvalue weighted by Gasteiger charge is 2.18. The SMILES string of the molecule is C=C(NC(=O)CC1CCCCC1)C(=O)O. The van der Waals surface area contributed by atoms with Crippen LogP contribution in [0.4, 0.5) is 0 Å². The Hall–Kier alpha value is -1.32. The van der Waals surface area contributed by atoms with Gasteiger partial charge in [-0.15, -0.1) is 0 Å². The number of amides is 1. The predicted octanol–water partition coefficient (Wildman–Crippen LogP) is 1.67. The second-order valence-corrected chi connectivity index (χ2v) is 4.04. The maximum atomic E-state index is 11.4. The van der Waals surface area contributed by atoms with E-state index in [2.05, 4.69) is 11.9 Å². The molecule has 2 N–H and O–H groups in total. The smallest absolute Gasteiger partial charge is 0.351 e. The Kier molecular flexibility index (Phi) is 4.34. The van der Waals surface area contributed by atoms with Gasteiger partial charge in [0.2, 0.25) is 5.91 Å². The molecule has 0 bridgehead atoms. The third-order valence-electron chi connectivity index (χ3n) is 2.75. The second-order valence-electron chi connectivity index (χ2n) is 4.04. The highest BCUT2D eigenvalue weighted by molar-refractivity contribution is 5.92. The predicted molar refractivity (Wildman–Crippen MR) is 56.1 cm³/mol. The van der Waals surface area contributed by atoms with Crippen molar-refractivity contribution in [3.8, 4) is 0 Å². The van der Waals surface area contributed by atoms with Crippen molar-refractivity contribution in [1.82, 2.24) is 5.32 Å². The highest BCUT2D eigenvalue weighted by Crippen LogP contribution is 2.26. The van der Waals surface area contributed by atoms with Crippen molar-refractivity contribution in [2.45, 2.75) is 38.5 Å². The van der Waals surface area contributed by atoms with E-state index in [0.717, 1.165) is 12.8 Å². The number of aliphatic carboxylic acids is 1. The zero-order valence-corrected chi connectivity index (χ0v) is 8.79. The van der Waals surface area contributed by atoms with Gasteiger partial charge in [-0.1, -0.05) is 25.8 Å². The molecule has 1 aliphatic carbocycles. The van der Waals surface area contributed by atoms with Gasteiger partial charge in [-0.05, 0) is 18.8 Å². The lowest BCUT2D eigenvalue weighted by Gasteiger charge is -2.20. The molecule has 0 aromatic carbocycles. The minimum absolute atomic E-state index is 0.228. The maximum absolute atomic E-state index is 11.4. The molecule has 0 radical (unpaired) electrons. The first-order valence-electron chi connectivity index (χ1n) is 5.31. The molecule has 0 aromatic rings. The van der Waals surface area contributed by atoms with Gasteiger partial charge in [0, 0.05) is 6.42 Å².